The molecular formula is C13H16O6. The Kier molecular flexibility index (Phi) is 4.24. The van der Waals surface area contributed by atoms with Crippen molar-refractivity contribution in [3.63, 3.8) is 0 Å². The normalized spacial score (nSPS) is 14.3. The van der Waals surface area contributed by atoms with Crippen molar-refractivity contribution in [3.8, 4) is 11.5 Å². The Labute approximate surface area is 110 Å². The van der Waals surface area contributed by atoms with Gasteiger partial charge in [0.15, 0.2) is 17.6 Å². The topological polar surface area (TPSA) is 74.2 Å². The number of rotatable bonds is 5. The Bertz CT molecular complexity index is 470. The second kappa shape index (κ2) is 5.90. The molecule has 1 atom stereocenters. The van der Waals surface area contributed by atoms with Gasteiger partial charge in [-0.25, -0.2) is 4.79 Å². The SMILES string of the molecule is CCOC(=O)C(O)c1cc2c(cc1COC)OCO2. The highest BCUT2D eigenvalue weighted by Gasteiger charge is 2.26. The number of benzene rings is 1. The number of carbonyl (C=O) groups is 1. The lowest BCUT2D eigenvalue weighted by atomic mass is 10.0. The van der Waals surface area contributed by atoms with Gasteiger partial charge < -0.3 is 24.1 Å². The van der Waals surface area contributed by atoms with Gasteiger partial charge >= 0.3 is 5.97 Å². The van der Waals surface area contributed by atoms with Crippen LogP contribution in [0.3, 0.4) is 0 Å². The van der Waals surface area contributed by atoms with Gasteiger partial charge in [-0.1, -0.05) is 0 Å². The monoisotopic (exact) mass is 268 g/mol. The lowest BCUT2D eigenvalue weighted by Crippen LogP contribution is -2.17. The summed E-state index contributed by atoms with van der Waals surface area (Å²) >= 11 is 0. The van der Waals surface area contributed by atoms with E-state index in [2.05, 4.69) is 0 Å². The molecule has 0 bridgehead atoms. The van der Waals surface area contributed by atoms with E-state index in [0.717, 1.165) is 0 Å². The highest BCUT2D eigenvalue weighted by molar-refractivity contribution is 5.77. The highest BCUT2D eigenvalue weighted by atomic mass is 16.7. The number of aliphatic hydroxyl groups is 1. The molecule has 6 heteroatoms. The van der Waals surface area contributed by atoms with Crippen molar-refractivity contribution in [1.29, 1.82) is 0 Å². The number of carbonyl (C=O) groups excluding carboxylic acids is 1. The number of aliphatic hydroxyl groups excluding tert-OH is 1. The molecule has 0 aliphatic carbocycles. The van der Waals surface area contributed by atoms with Crippen LogP contribution in [-0.2, 0) is 20.9 Å². The summed E-state index contributed by atoms with van der Waals surface area (Å²) in [5.74, 6) is 0.378. The third-order valence-corrected chi connectivity index (χ3v) is 2.74. The molecular weight excluding hydrogens is 252 g/mol. The third-order valence-electron chi connectivity index (χ3n) is 2.74. The van der Waals surface area contributed by atoms with E-state index in [4.69, 9.17) is 18.9 Å². The standard InChI is InChI=1S/C13H16O6/c1-3-17-13(15)12(14)9-5-11-10(18-7-19-11)4-8(9)6-16-2/h4-5,12,14H,3,6-7H2,1-2H3. The Morgan fingerprint density at radius 3 is 2.74 bits per heavy atom. The molecule has 19 heavy (non-hydrogen) atoms. The smallest absolute Gasteiger partial charge is 0.339 e. The fourth-order valence-corrected chi connectivity index (χ4v) is 1.88. The van der Waals surface area contributed by atoms with E-state index in [1.54, 1.807) is 19.1 Å². The van der Waals surface area contributed by atoms with Crippen LogP contribution in [0.4, 0.5) is 0 Å². The van der Waals surface area contributed by atoms with Crippen LogP contribution in [-0.4, -0.2) is 31.6 Å². The zero-order chi connectivity index (χ0) is 13.8. The molecule has 2 rings (SSSR count). The van der Waals surface area contributed by atoms with Crippen LogP contribution in [0, 0.1) is 0 Å². The molecule has 1 heterocycles. The summed E-state index contributed by atoms with van der Waals surface area (Å²) in [6.07, 6.45) is -1.36. The second-order valence-corrected chi connectivity index (χ2v) is 3.99. The van der Waals surface area contributed by atoms with E-state index in [-0.39, 0.29) is 20.0 Å². The number of fused-ring (bicyclic) bond motifs is 1. The van der Waals surface area contributed by atoms with Crippen molar-refractivity contribution in [3.05, 3.63) is 23.3 Å². The summed E-state index contributed by atoms with van der Waals surface area (Å²) in [6.45, 7) is 2.27. The van der Waals surface area contributed by atoms with Crippen molar-refractivity contribution < 1.29 is 28.8 Å². The van der Waals surface area contributed by atoms with E-state index < -0.39 is 12.1 Å². The van der Waals surface area contributed by atoms with E-state index in [1.165, 1.54) is 7.11 Å². The van der Waals surface area contributed by atoms with Crippen molar-refractivity contribution in [2.45, 2.75) is 19.6 Å². The summed E-state index contributed by atoms with van der Waals surface area (Å²) in [4.78, 5) is 11.6. The minimum absolute atomic E-state index is 0.126. The molecule has 0 aromatic heterocycles. The van der Waals surface area contributed by atoms with Gasteiger partial charge in [-0.3, -0.25) is 0 Å². The molecule has 104 valence electrons. The molecule has 1 unspecified atom stereocenters. The van der Waals surface area contributed by atoms with Crippen LogP contribution in [0.5, 0.6) is 11.5 Å². The average molecular weight is 268 g/mol. The van der Waals surface area contributed by atoms with Gasteiger partial charge in [0, 0.05) is 12.7 Å². The highest BCUT2D eigenvalue weighted by Crippen LogP contribution is 2.37. The van der Waals surface area contributed by atoms with E-state index >= 15 is 0 Å². The largest absolute Gasteiger partial charge is 0.464 e. The Morgan fingerprint density at radius 1 is 1.42 bits per heavy atom. The zero-order valence-electron chi connectivity index (χ0n) is 10.8. The maximum Gasteiger partial charge on any atom is 0.339 e. The lowest BCUT2D eigenvalue weighted by Gasteiger charge is -2.15. The predicted molar refractivity (Wildman–Crippen MR) is 64.9 cm³/mol. The Balaban J connectivity index is 2.34. The van der Waals surface area contributed by atoms with Crippen molar-refractivity contribution in [1.82, 2.24) is 0 Å². The summed E-state index contributed by atoms with van der Waals surface area (Å²) in [6, 6.07) is 3.28. The van der Waals surface area contributed by atoms with Gasteiger partial charge in [0.05, 0.1) is 13.2 Å². The van der Waals surface area contributed by atoms with Gasteiger partial charge in [-0.2, -0.15) is 0 Å². The van der Waals surface area contributed by atoms with Crippen LogP contribution in [0.25, 0.3) is 0 Å². The maximum atomic E-state index is 11.6. The minimum atomic E-state index is -1.36. The molecule has 0 saturated carbocycles. The first-order valence-electron chi connectivity index (χ1n) is 5.93. The second-order valence-electron chi connectivity index (χ2n) is 3.99. The molecule has 1 N–H and O–H groups in total. The summed E-state index contributed by atoms with van der Waals surface area (Å²) in [5, 5.41) is 10.0. The quantitative estimate of drug-likeness (QED) is 0.808. The predicted octanol–water partition coefficient (Wildman–Crippen LogP) is 1.16. The molecule has 0 spiro atoms. The molecule has 1 aliphatic rings. The Morgan fingerprint density at radius 2 is 2.11 bits per heavy atom. The molecule has 1 aromatic rings. The first-order valence-corrected chi connectivity index (χ1v) is 5.93. The van der Waals surface area contributed by atoms with Crippen LogP contribution in [0.15, 0.2) is 12.1 Å². The van der Waals surface area contributed by atoms with Gasteiger partial charge in [-0.15, -0.1) is 0 Å². The Hall–Kier alpha value is -1.79. The first kappa shape index (κ1) is 13.6. The summed E-state index contributed by atoms with van der Waals surface area (Å²) in [5.41, 5.74) is 1.07. The molecule has 6 nitrogen and oxygen atoms in total. The van der Waals surface area contributed by atoms with Crippen LogP contribution < -0.4 is 9.47 Å². The van der Waals surface area contributed by atoms with Gasteiger partial charge in [0.2, 0.25) is 6.79 Å². The fourth-order valence-electron chi connectivity index (χ4n) is 1.88. The summed E-state index contributed by atoms with van der Waals surface area (Å²) in [7, 11) is 1.53. The zero-order valence-corrected chi connectivity index (χ0v) is 10.8. The van der Waals surface area contributed by atoms with E-state index in [9.17, 15) is 9.90 Å². The van der Waals surface area contributed by atoms with Crippen molar-refractivity contribution in [2.75, 3.05) is 20.5 Å². The number of esters is 1. The van der Waals surface area contributed by atoms with Crippen molar-refractivity contribution in [2.24, 2.45) is 0 Å². The van der Waals surface area contributed by atoms with Gasteiger partial charge in [0.25, 0.3) is 0 Å². The molecule has 0 radical (unpaired) electrons. The number of ether oxygens (including phenoxy) is 4. The average Bonchev–Trinajstić information content (AvgIpc) is 2.84. The molecule has 0 saturated heterocycles. The van der Waals surface area contributed by atoms with Gasteiger partial charge in [-0.05, 0) is 24.6 Å². The van der Waals surface area contributed by atoms with E-state index in [0.29, 0.717) is 22.6 Å². The van der Waals surface area contributed by atoms with Crippen LogP contribution in [0.2, 0.25) is 0 Å². The lowest BCUT2D eigenvalue weighted by molar-refractivity contribution is -0.153. The van der Waals surface area contributed by atoms with Crippen LogP contribution >= 0.6 is 0 Å². The van der Waals surface area contributed by atoms with Gasteiger partial charge in [0.1, 0.15) is 0 Å². The molecule has 1 aromatic carbocycles. The van der Waals surface area contributed by atoms with Crippen molar-refractivity contribution >= 4 is 5.97 Å². The third kappa shape index (κ3) is 2.80. The number of hydrogen-bond acceptors (Lipinski definition) is 6. The maximum absolute atomic E-state index is 11.6. The van der Waals surface area contributed by atoms with Crippen LogP contribution in [0.1, 0.15) is 24.2 Å². The van der Waals surface area contributed by atoms with E-state index in [1.807, 2.05) is 0 Å². The number of methoxy groups -OCH3 is 1. The molecule has 0 amide bonds. The molecule has 0 fully saturated rings. The summed E-state index contributed by atoms with van der Waals surface area (Å²) < 4.78 is 20.4. The first-order chi connectivity index (χ1) is 9.17. The molecule has 1 aliphatic heterocycles. The number of hydrogen-bond donors (Lipinski definition) is 1. The fraction of sp³-hybridized carbons (Fsp3) is 0.462. The minimum Gasteiger partial charge on any atom is -0.464 e.